The molecule has 0 spiro atoms. The van der Waals surface area contributed by atoms with Crippen LogP contribution in [0.2, 0.25) is 0 Å². The smallest absolute Gasteiger partial charge is 0.240 e. The summed E-state index contributed by atoms with van der Waals surface area (Å²) >= 11 is -1.37. The van der Waals surface area contributed by atoms with Crippen LogP contribution in [0.1, 0.15) is 6.92 Å². The van der Waals surface area contributed by atoms with Gasteiger partial charge in [-0.3, -0.25) is 4.79 Å². The third-order valence-electron chi connectivity index (χ3n) is 2.55. The molecule has 17 heavy (non-hydrogen) atoms. The summed E-state index contributed by atoms with van der Waals surface area (Å²) in [5.74, 6) is -1.79. The fourth-order valence-electron chi connectivity index (χ4n) is 1.22. The molecule has 1 aromatic rings. The topological polar surface area (TPSA) is 58.6 Å². The normalized spacial score (nSPS) is 13.4. The molecule has 0 fully saturated rings. The number of Topliss-reactive ketones (excluding diaryl/α,β-unsaturated/α-hetero) is 1. The second-order valence-electron chi connectivity index (χ2n) is 3.58. The first-order valence-corrected chi connectivity index (χ1v) is 6.42. The van der Waals surface area contributed by atoms with Gasteiger partial charge in [0.1, 0.15) is 0 Å². The molecule has 1 aromatic carbocycles. The average Bonchev–Trinajstić information content (AvgIpc) is 2.38. The predicted molar refractivity (Wildman–Crippen MR) is 65.1 cm³/mol. The lowest BCUT2D eigenvalue weighted by Crippen LogP contribution is -2.42. The van der Waals surface area contributed by atoms with Crippen LogP contribution < -0.4 is 0 Å². The van der Waals surface area contributed by atoms with Gasteiger partial charge in [0, 0.05) is 14.2 Å². The molecule has 94 valence electrons. The molecule has 0 aliphatic carbocycles. The van der Waals surface area contributed by atoms with Crippen LogP contribution in [0.25, 0.3) is 0 Å². The van der Waals surface area contributed by atoms with Gasteiger partial charge in [-0.1, -0.05) is 18.2 Å². The number of ketones is 1. The van der Waals surface area contributed by atoms with E-state index in [2.05, 4.69) is 0 Å². The minimum Gasteiger partial charge on any atom is -0.611 e. The number of rotatable bonds is 6. The van der Waals surface area contributed by atoms with E-state index in [1.807, 2.05) is 6.07 Å². The number of hydrogen-bond donors (Lipinski definition) is 0. The highest BCUT2D eigenvalue weighted by molar-refractivity contribution is 7.92. The van der Waals surface area contributed by atoms with Gasteiger partial charge >= 0.3 is 0 Å². The molecule has 5 heteroatoms. The first-order valence-electron chi connectivity index (χ1n) is 5.10. The van der Waals surface area contributed by atoms with Crippen LogP contribution in [0.5, 0.6) is 0 Å². The summed E-state index contributed by atoms with van der Waals surface area (Å²) < 4.78 is 21.9. The molecule has 4 nitrogen and oxygen atoms in total. The molecular weight excluding hydrogens is 240 g/mol. The van der Waals surface area contributed by atoms with Crippen molar-refractivity contribution in [2.24, 2.45) is 0 Å². The number of benzene rings is 1. The molecule has 1 atom stereocenters. The lowest BCUT2D eigenvalue weighted by Gasteiger charge is -2.24. The van der Waals surface area contributed by atoms with Gasteiger partial charge in [-0.2, -0.15) is 0 Å². The summed E-state index contributed by atoms with van der Waals surface area (Å²) in [6, 6.07) is 8.84. The Bertz CT molecular complexity index is 362. The zero-order valence-corrected chi connectivity index (χ0v) is 11.0. The minimum atomic E-state index is -1.37. The van der Waals surface area contributed by atoms with Crippen molar-refractivity contribution in [1.82, 2.24) is 0 Å². The van der Waals surface area contributed by atoms with E-state index in [9.17, 15) is 9.35 Å². The van der Waals surface area contributed by atoms with Gasteiger partial charge in [-0.25, -0.2) is 0 Å². The Kier molecular flexibility index (Phi) is 5.14. The Morgan fingerprint density at radius 2 is 1.82 bits per heavy atom. The molecule has 0 N–H and O–H groups in total. The van der Waals surface area contributed by atoms with Gasteiger partial charge in [0.2, 0.25) is 11.6 Å². The number of ether oxygens (including phenoxy) is 2. The second kappa shape index (κ2) is 6.16. The van der Waals surface area contributed by atoms with E-state index in [1.54, 1.807) is 24.3 Å². The van der Waals surface area contributed by atoms with Gasteiger partial charge in [-0.15, -0.1) is 0 Å². The Morgan fingerprint density at radius 3 is 2.29 bits per heavy atom. The van der Waals surface area contributed by atoms with Crippen LogP contribution in [0, 0.1) is 0 Å². The summed E-state index contributed by atoms with van der Waals surface area (Å²) in [5, 5.41) is 0. The lowest BCUT2D eigenvalue weighted by atomic mass is 10.2. The summed E-state index contributed by atoms with van der Waals surface area (Å²) in [5.41, 5.74) is 0. The number of methoxy groups -OCH3 is 2. The largest absolute Gasteiger partial charge is 0.611 e. The molecule has 0 aliphatic heterocycles. The highest BCUT2D eigenvalue weighted by Crippen LogP contribution is 2.16. The van der Waals surface area contributed by atoms with Gasteiger partial charge in [0.05, 0.1) is 0 Å². The standard InChI is InChI=1S/C12H16O4S/c1-12(15-2,16-3)11(13)9-17(14)10-7-5-4-6-8-10/h4-8H,9H2,1-3H3. The molecule has 0 radical (unpaired) electrons. The molecule has 0 aromatic heterocycles. The predicted octanol–water partition coefficient (Wildman–Crippen LogP) is 1.37. The summed E-state index contributed by atoms with van der Waals surface area (Å²) in [7, 11) is 2.76. The van der Waals surface area contributed by atoms with Crippen LogP contribution in [0.4, 0.5) is 0 Å². The van der Waals surface area contributed by atoms with Crippen molar-refractivity contribution in [1.29, 1.82) is 0 Å². The van der Waals surface area contributed by atoms with Crippen molar-refractivity contribution in [2.75, 3.05) is 20.0 Å². The van der Waals surface area contributed by atoms with Crippen molar-refractivity contribution in [3.63, 3.8) is 0 Å². The van der Waals surface area contributed by atoms with Crippen LogP contribution >= 0.6 is 0 Å². The maximum atomic E-state index is 11.9. The van der Waals surface area contributed by atoms with Crippen LogP contribution in [-0.4, -0.2) is 36.1 Å². The lowest BCUT2D eigenvalue weighted by molar-refractivity contribution is -0.196. The van der Waals surface area contributed by atoms with E-state index in [4.69, 9.17) is 9.47 Å². The van der Waals surface area contributed by atoms with Gasteiger partial charge < -0.3 is 14.0 Å². The first kappa shape index (κ1) is 14.2. The number of hydrogen-bond acceptors (Lipinski definition) is 4. The molecule has 0 heterocycles. The van der Waals surface area contributed by atoms with Crippen LogP contribution in [0.15, 0.2) is 35.2 Å². The zero-order chi connectivity index (χ0) is 12.9. The van der Waals surface area contributed by atoms with Crippen molar-refractivity contribution < 1.29 is 18.8 Å². The molecule has 1 rings (SSSR count). The maximum absolute atomic E-state index is 11.9. The highest BCUT2D eigenvalue weighted by atomic mass is 32.2. The zero-order valence-electron chi connectivity index (χ0n) is 10.1. The van der Waals surface area contributed by atoms with E-state index < -0.39 is 17.0 Å². The maximum Gasteiger partial charge on any atom is 0.240 e. The SMILES string of the molecule is COC(C)(OC)C(=O)C[S+]([O-])c1ccccc1. The molecule has 0 aliphatic rings. The Morgan fingerprint density at radius 1 is 1.29 bits per heavy atom. The van der Waals surface area contributed by atoms with E-state index in [1.165, 1.54) is 21.1 Å². The van der Waals surface area contributed by atoms with E-state index >= 15 is 0 Å². The van der Waals surface area contributed by atoms with Crippen molar-refractivity contribution >= 4 is 17.0 Å². The highest BCUT2D eigenvalue weighted by Gasteiger charge is 2.36. The second-order valence-corrected chi connectivity index (χ2v) is 5.03. The molecule has 0 saturated carbocycles. The first-order chi connectivity index (χ1) is 8.03. The fourth-order valence-corrected chi connectivity index (χ4v) is 2.34. The Labute approximate surface area is 104 Å². The molecule has 0 amide bonds. The third kappa shape index (κ3) is 3.54. The molecule has 0 saturated heterocycles. The van der Waals surface area contributed by atoms with Gasteiger partial charge in [-0.05, 0) is 30.2 Å². The molecule has 1 unspecified atom stereocenters. The fraction of sp³-hybridized carbons (Fsp3) is 0.417. The molecular formula is C12H16O4S. The quantitative estimate of drug-likeness (QED) is 0.570. The third-order valence-corrected chi connectivity index (χ3v) is 3.88. The Balaban J connectivity index is 2.69. The monoisotopic (exact) mass is 256 g/mol. The summed E-state index contributed by atoms with van der Waals surface area (Å²) in [6.07, 6.45) is 0. The average molecular weight is 256 g/mol. The Hall–Kier alpha value is -0.880. The van der Waals surface area contributed by atoms with Crippen LogP contribution in [0.3, 0.4) is 0 Å². The molecule has 0 bridgehead atoms. The van der Waals surface area contributed by atoms with E-state index in [-0.39, 0.29) is 11.5 Å². The summed E-state index contributed by atoms with van der Waals surface area (Å²) in [6.45, 7) is 1.51. The van der Waals surface area contributed by atoms with Gasteiger partial charge in [0.15, 0.2) is 10.6 Å². The number of carbonyl (C=O) groups is 1. The van der Waals surface area contributed by atoms with E-state index in [0.717, 1.165) is 0 Å². The van der Waals surface area contributed by atoms with Crippen molar-refractivity contribution in [3.05, 3.63) is 30.3 Å². The van der Waals surface area contributed by atoms with Crippen molar-refractivity contribution in [2.45, 2.75) is 17.6 Å². The number of carbonyl (C=O) groups excluding carboxylic acids is 1. The summed E-state index contributed by atoms with van der Waals surface area (Å²) in [4.78, 5) is 12.5. The van der Waals surface area contributed by atoms with Gasteiger partial charge in [0.25, 0.3) is 0 Å². The van der Waals surface area contributed by atoms with Crippen molar-refractivity contribution in [3.8, 4) is 0 Å². The van der Waals surface area contributed by atoms with Crippen LogP contribution in [-0.2, 0) is 25.4 Å². The minimum absolute atomic E-state index is 0.123. The van der Waals surface area contributed by atoms with E-state index in [0.29, 0.717) is 4.90 Å².